The van der Waals surface area contributed by atoms with Crippen molar-refractivity contribution in [2.45, 2.75) is 6.54 Å². The number of hydrogen-bond donors (Lipinski definition) is 0. The first-order chi connectivity index (χ1) is 15.5. The van der Waals surface area contributed by atoms with Gasteiger partial charge in [-0.3, -0.25) is 9.78 Å². The minimum atomic E-state index is -0.0404. The van der Waals surface area contributed by atoms with Gasteiger partial charge in [0.15, 0.2) is 0 Å². The highest BCUT2D eigenvalue weighted by molar-refractivity contribution is 6.00. The van der Waals surface area contributed by atoms with Gasteiger partial charge in [0.25, 0.3) is 5.91 Å². The third kappa shape index (κ3) is 4.78. The van der Waals surface area contributed by atoms with Crippen LogP contribution in [-0.4, -0.2) is 64.6 Å². The van der Waals surface area contributed by atoms with E-state index < -0.39 is 0 Å². The number of fused-ring (bicyclic) bond motifs is 1. The molecule has 1 aromatic carbocycles. The molecule has 0 saturated heterocycles. The van der Waals surface area contributed by atoms with Gasteiger partial charge in [-0.25, -0.2) is 4.52 Å². The van der Waals surface area contributed by atoms with Crippen molar-refractivity contribution in [3.8, 4) is 16.9 Å². The van der Waals surface area contributed by atoms with Crippen molar-refractivity contribution in [1.82, 2.24) is 24.4 Å². The number of benzene rings is 1. The van der Waals surface area contributed by atoms with Crippen LogP contribution in [0, 0.1) is 0 Å². The number of hydrogen-bond acceptors (Lipinski definition) is 5. The summed E-state index contributed by atoms with van der Waals surface area (Å²) in [6.45, 7) is 1.87. The van der Waals surface area contributed by atoms with E-state index in [0.717, 1.165) is 34.5 Å². The molecule has 0 aliphatic heterocycles. The fourth-order valence-corrected chi connectivity index (χ4v) is 3.60. The first-order valence-electron chi connectivity index (χ1n) is 10.5. The monoisotopic (exact) mass is 429 g/mol. The standard InChI is InChI=1S/C25H27N5O2/c1-28(2)13-14-29(17-19-5-4-6-22(15-19)32-3)25(31)23-16-27-30-18-21(7-8-24(23)30)20-9-11-26-12-10-20/h4-12,15-16,18H,13-14,17H2,1-3H3. The molecule has 7 nitrogen and oxygen atoms in total. The first-order valence-corrected chi connectivity index (χ1v) is 10.5. The predicted octanol–water partition coefficient (Wildman–Crippen LogP) is 3.61. The van der Waals surface area contributed by atoms with Gasteiger partial charge in [0, 0.05) is 43.8 Å². The molecular weight excluding hydrogens is 402 g/mol. The summed E-state index contributed by atoms with van der Waals surface area (Å²) in [5.74, 6) is 0.739. The highest BCUT2D eigenvalue weighted by Gasteiger charge is 2.21. The molecule has 0 atom stereocenters. The van der Waals surface area contributed by atoms with Crippen LogP contribution in [0.2, 0.25) is 0 Å². The number of amides is 1. The molecule has 1 amide bonds. The highest BCUT2D eigenvalue weighted by Crippen LogP contribution is 2.22. The van der Waals surface area contributed by atoms with Crippen LogP contribution >= 0.6 is 0 Å². The number of pyridine rings is 2. The Balaban J connectivity index is 1.63. The van der Waals surface area contributed by atoms with Crippen LogP contribution in [0.4, 0.5) is 0 Å². The van der Waals surface area contributed by atoms with Crippen molar-refractivity contribution in [2.24, 2.45) is 0 Å². The lowest BCUT2D eigenvalue weighted by Crippen LogP contribution is -2.36. The van der Waals surface area contributed by atoms with E-state index in [0.29, 0.717) is 18.7 Å². The average Bonchev–Trinajstić information content (AvgIpc) is 3.25. The van der Waals surface area contributed by atoms with Crippen molar-refractivity contribution in [1.29, 1.82) is 0 Å². The summed E-state index contributed by atoms with van der Waals surface area (Å²) >= 11 is 0. The summed E-state index contributed by atoms with van der Waals surface area (Å²) in [6, 6.07) is 15.7. The Morgan fingerprint density at radius 3 is 2.59 bits per heavy atom. The Morgan fingerprint density at radius 1 is 1.03 bits per heavy atom. The zero-order chi connectivity index (χ0) is 22.5. The molecule has 0 unspecified atom stereocenters. The molecule has 0 bridgehead atoms. The van der Waals surface area contributed by atoms with E-state index in [9.17, 15) is 4.79 Å². The lowest BCUT2D eigenvalue weighted by Gasteiger charge is -2.24. The lowest BCUT2D eigenvalue weighted by atomic mass is 10.1. The van der Waals surface area contributed by atoms with Crippen LogP contribution < -0.4 is 4.74 Å². The van der Waals surface area contributed by atoms with Crippen molar-refractivity contribution in [3.63, 3.8) is 0 Å². The minimum absolute atomic E-state index is 0.0404. The Hall–Kier alpha value is -3.71. The van der Waals surface area contributed by atoms with Crippen LogP contribution in [0.15, 0.2) is 73.3 Å². The first kappa shape index (κ1) is 21.5. The van der Waals surface area contributed by atoms with Gasteiger partial charge in [-0.1, -0.05) is 18.2 Å². The number of methoxy groups -OCH3 is 1. The number of nitrogens with zero attached hydrogens (tertiary/aromatic N) is 5. The molecular formula is C25H27N5O2. The van der Waals surface area contributed by atoms with Crippen molar-refractivity contribution < 1.29 is 9.53 Å². The molecule has 0 radical (unpaired) electrons. The molecule has 0 N–H and O–H groups in total. The molecule has 4 aromatic rings. The van der Waals surface area contributed by atoms with Crippen molar-refractivity contribution >= 4 is 11.4 Å². The van der Waals surface area contributed by atoms with Crippen LogP contribution in [0.25, 0.3) is 16.6 Å². The van der Waals surface area contributed by atoms with Gasteiger partial charge in [0.2, 0.25) is 0 Å². The fourth-order valence-electron chi connectivity index (χ4n) is 3.60. The highest BCUT2D eigenvalue weighted by atomic mass is 16.5. The van der Waals surface area contributed by atoms with Gasteiger partial charge >= 0.3 is 0 Å². The van der Waals surface area contributed by atoms with E-state index in [1.165, 1.54) is 0 Å². The molecule has 0 spiro atoms. The van der Waals surface area contributed by atoms with Gasteiger partial charge < -0.3 is 14.5 Å². The Labute approximate surface area is 187 Å². The normalized spacial score (nSPS) is 11.1. The number of ether oxygens (including phenoxy) is 1. The number of carbonyl (C=O) groups excluding carboxylic acids is 1. The average molecular weight is 430 g/mol. The summed E-state index contributed by atoms with van der Waals surface area (Å²) in [5, 5.41) is 4.46. The van der Waals surface area contributed by atoms with Gasteiger partial charge in [-0.05, 0) is 55.6 Å². The van der Waals surface area contributed by atoms with Gasteiger partial charge in [-0.2, -0.15) is 5.10 Å². The molecule has 3 heterocycles. The largest absolute Gasteiger partial charge is 0.497 e. The number of rotatable bonds is 8. The van der Waals surface area contributed by atoms with Crippen molar-refractivity contribution in [2.75, 3.05) is 34.3 Å². The van der Waals surface area contributed by atoms with E-state index >= 15 is 0 Å². The maximum atomic E-state index is 13.6. The molecule has 0 aliphatic carbocycles. The lowest BCUT2D eigenvalue weighted by molar-refractivity contribution is 0.0734. The molecule has 0 aliphatic rings. The Bertz CT molecular complexity index is 1200. The third-order valence-electron chi connectivity index (χ3n) is 5.37. The maximum absolute atomic E-state index is 13.6. The second-order valence-electron chi connectivity index (χ2n) is 7.92. The van der Waals surface area contributed by atoms with Crippen molar-refractivity contribution in [3.05, 3.63) is 84.4 Å². The predicted molar refractivity (Wildman–Crippen MR) is 125 cm³/mol. The fraction of sp³-hybridized carbons (Fsp3) is 0.240. The Kier molecular flexibility index (Phi) is 6.47. The van der Waals surface area contributed by atoms with Gasteiger partial charge in [-0.15, -0.1) is 0 Å². The summed E-state index contributed by atoms with van der Waals surface area (Å²) in [6.07, 6.45) is 7.12. The zero-order valence-electron chi connectivity index (χ0n) is 18.6. The molecule has 164 valence electrons. The third-order valence-corrected chi connectivity index (χ3v) is 5.37. The number of carbonyl (C=O) groups is 1. The summed E-state index contributed by atoms with van der Waals surface area (Å²) in [4.78, 5) is 21.6. The van der Waals surface area contributed by atoms with Gasteiger partial charge in [0.05, 0.1) is 24.4 Å². The number of aromatic nitrogens is 3. The topological polar surface area (TPSA) is 63.0 Å². The summed E-state index contributed by atoms with van der Waals surface area (Å²) in [7, 11) is 5.65. The molecule has 32 heavy (non-hydrogen) atoms. The van der Waals surface area contributed by atoms with E-state index in [1.807, 2.05) is 73.7 Å². The quantitative estimate of drug-likeness (QED) is 0.428. The molecule has 4 rings (SSSR count). The zero-order valence-corrected chi connectivity index (χ0v) is 18.6. The van der Waals surface area contributed by atoms with E-state index in [1.54, 1.807) is 30.2 Å². The SMILES string of the molecule is COc1cccc(CN(CCN(C)C)C(=O)c2cnn3cc(-c4ccncc4)ccc23)c1. The molecule has 0 fully saturated rings. The summed E-state index contributed by atoms with van der Waals surface area (Å²) < 4.78 is 7.11. The van der Waals surface area contributed by atoms with Crippen LogP contribution in [-0.2, 0) is 6.54 Å². The number of likely N-dealkylation sites (N-methyl/N-ethyl adjacent to an activating group) is 1. The molecule has 7 heteroatoms. The molecule has 0 saturated carbocycles. The Morgan fingerprint density at radius 2 is 1.84 bits per heavy atom. The van der Waals surface area contributed by atoms with Crippen LogP contribution in [0.3, 0.4) is 0 Å². The minimum Gasteiger partial charge on any atom is -0.497 e. The second-order valence-corrected chi connectivity index (χ2v) is 7.92. The van der Waals surface area contributed by atoms with E-state index in [-0.39, 0.29) is 5.91 Å². The molecule has 3 aromatic heterocycles. The maximum Gasteiger partial charge on any atom is 0.258 e. The van der Waals surface area contributed by atoms with Crippen LogP contribution in [0.1, 0.15) is 15.9 Å². The second kappa shape index (κ2) is 9.62. The van der Waals surface area contributed by atoms with Crippen LogP contribution in [0.5, 0.6) is 5.75 Å². The van der Waals surface area contributed by atoms with E-state index in [2.05, 4.69) is 15.0 Å². The van der Waals surface area contributed by atoms with Gasteiger partial charge in [0.1, 0.15) is 5.75 Å². The smallest absolute Gasteiger partial charge is 0.258 e. The van der Waals surface area contributed by atoms with E-state index in [4.69, 9.17) is 4.74 Å². The summed E-state index contributed by atoms with van der Waals surface area (Å²) in [5.41, 5.74) is 4.47.